The third-order valence-electron chi connectivity index (χ3n) is 1.82. The largest absolute Gasteiger partial charge is 0.449 e. The molecule has 0 amide bonds. The molecule has 0 rings (SSSR count). The third kappa shape index (κ3) is 5.08. The number of hydrogen-bond donors (Lipinski definition) is 0. The van der Waals surface area contributed by atoms with Gasteiger partial charge in [-0.1, -0.05) is 32.3 Å². The summed E-state index contributed by atoms with van der Waals surface area (Å²) in [5, 5.41) is 0. The van der Waals surface area contributed by atoms with Crippen molar-refractivity contribution in [2.75, 3.05) is 6.61 Å². The van der Waals surface area contributed by atoms with Crippen molar-refractivity contribution in [1.29, 1.82) is 0 Å². The third-order valence-corrected chi connectivity index (χ3v) is 1.82. The second-order valence-electron chi connectivity index (χ2n) is 3.89. The van der Waals surface area contributed by atoms with Gasteiger partial charge in [-0.3, -0.25) is 0 Å². The summed E-state index contributed by atoms with van der Waals surface area (Å²) in [6, 6.07) is 0. The van der Waals surface area contributed by atoms with Gasteiger partial charge in [0.15, 0.2) is 6.61 Å². The zero-order chi connectivity index (χ0) is 10.5. The topological polar surface area (TPSA) is 26.3 Å². The van der Waals surface area contributed by atoms with Gasteiger partial charge >= 0.3 is 5.97 Å². The lowest BCUT2D eigenvalue weighted by atomic mass is 9.87. The van der Waals surface area contributed by atoms with E-state index in [0.29, 0.717) is 0 Å². The Bertz CT molecular complexity index is 248. The molecule has 0 spiro atoms. The Balaban J connectivity index is 4.25. The summed E-state index contributed by atoms with van der Waals surface area (Å²) < 4.78 is 4.71. The Morgan fingerprint density at radius 1 is 1.54 bits per heavy atom. The molecule has 0 aliphatic carbocycles. The Morgan fingerprint density at radius 3 is 2.46 bits per heavy atom. The molecule has 72 valence electrons. The Morgan fingerprint density at radius 2 is 2.08 bits per heavy atom. The number of rotatable bonds is 2. The van der Waals surface area contributed by atoms with Crippen molar-refractivity contribution < 1.29 is 9.53 Å². The van der Waals surface area contributed by atoms with Crippen LogP contribution in [-0.2, 0) is 9.53 Å². The first kappa shape index (κ1) is 11.8. The average molecular weight is 180 g/mol. The first-order chi connectivity index (χ1) is 5.88. The lowest BCUT2D eigenvalue weighted by molar-refractivity contribution is -0.136. The van der Waals surface area contributed by atoms with Gasteiger partial charge in [-0.05, 0) is 12.3 Å². The van der Waals surface area contributed by atoms with E-state index in [9.17, 15) is 4.79 Å². The lowest BCUT2D eigenvalue weighted by Crippen LogP contribution is -2.10. The maximum absolute atomic E-state index is 11.1. The summed E-state index contributed by atoms with van der Waals surface area (Å²) in [7, 11) is 0. The van der Waals surface area contributed by atoms with Gasteiger partial charge in [0.2, 0.25) is 0 Å². The molecule has 2 heteroatoms. The van der Waals surface area contributed by atoms with Crippen molar-refractivity contribution in [2.45, 2.75) is 27.7 Å². The molecule has 0 saturated heterocycles. The Labute approximate surface area is 80.0 Å². The number of terminal acetylenes is 1. The number of hydrogen-bond acceptors (Lipinski definition) is 2. The maximum Gasteiger partial charge on any atom is 0.331 e. The predicted molar refractivity (Wildman–Crippen MR) is 53.0 cm³/mol. The molecule has 0 N–H and O–H groups in total. The van der Waals surface area contributed by atoms with Gasteiger partial charge in [0, 0.05) is 6.08 Å². The summed E-state index contributed by atoms with van der Waals surface area (Å²) in [6.45, 7) is 8.04. The van der Waals surface area contributed by atoms with Crippen LogP contribution in [0.3, 0.4) is 0 Å². The molecule has 0 atom stereocenters. The molecule has 0 unspecified atom stereocenters. The van der Waals surface area contributed by atoms with Crippen LogP contribution in [0, 0.1) is 17.8 Å². The van der Waals surface area contributed by atoms with E-state index in [4.69, 9.17) is 11.2 Å². The fourth-order valence-corrected chi connectivity index (χ4v) is 0.548. The van der Waals surface area contributed by atoms with Crippen LogP contribution in [0.2, 0.25) is 0 Å². The van der Waals surface area contributed by atoms with Gasteiger partial charge in [0.25, 0.3) is 0 Å². The average Bonchev–Trinajstić information content (AvgIpc) is 1.99. The van der Waals surface area contributed by atoms with E-state index < -0.39 is 0 Å². The molecule has 13 heavy (non-hydrogen) atoms. The highest BCUT2D eigenvalue weighted by molar-refractivity contribution is 5.83. The lowest BCUT2D eigenvalue weighted by Gasteiger charge is -2.18. The summed E-state index contributed by atoms with van der Waals surface area (Å²) in [6.07, 6.45) is 6.43. The minimum atomic E-state index is -0.370. The first-order valence-electron chi connectivity index (χ1n) is 4.17. The van der Waals surface area contributed by atoms with Crippen LogP contribution in [0.5, 0.6) is 0 Å². The number of carbonyl (C=O) groups excluding carboxylic acids is 1. The van der Waals surface area contributed by atoms with Crippen molar-refractivity contribution in [3.05, 3.63) is 11.6 Å². The summed E-state index contributed by atoms with van der Waals surface area (Å²) in [5.41, 5.74) is 0.976. The quantitative estimate of drug-likeness (QED) is 0.370. The molecule has 0 bridgehead atoms. The van der Waals surface area contributed by atoms with Crippen molar-refractivity contribution in [1.82, 2.24) is 0 Å². The Kier molecular flexibility index (Phi) is 4.27. The van der Waals surface area contributed by atoms with Gasteiger partial charge in [0.05, 0.1) is 0 Å². The highest BCUT2D eigenvalue weighted by Gasteiger charge is 2.13. The zero-order valence-corrected chi connectivity index (χ0v) is 8.68. The second kappa shape index (κ2) is 4.71. The van der Waals surface area contributed by atoms with Crippen LogP contribution >= 0.6 is 0 Å². The molecule has 0 aliphatic heterocycles. The number of ether oxygens (including phenoxy) is 1. The molecule has 0 fully saturated rings. The molecular weight excluding hydrogens is 164 g/mol. The van der Waals surface area contributed by atoms with Crippen LogP contribution in [0.15, 0.2) is 11.6 Å². The SMILES string of the molecule is C#CCOC(=O)C=C(C)C(C)(C)C. The smallest absolute Gasteiger partial charge is 0.331 e. The van der Waals surface area contributed by atoms with Gasteiger partial charge in [-0.25, -0.2) is 4.79 Å². The minimum absolute atomic E-state index is 0.00480. The van der Waals surface area contributed by atoms with Gasteiger partial charge < -0.3 is 4.74 Å². The fraction of sp³-hybridized carbons (Fsp3) is 0.545. The van der Waals surface area contributed by atoms with Crippen LogP contribution in [-0.4, -0.2) is 12.6 Å². The molecule has 0 saturated carbocycles. The molecule has 0 heterocycles. The van der Waals surface area contributed by atoms with Crippen molar-refractivity contribution >= 4 is 5.97 Å². The zero-order valence-electron chi connectivity index (χ0n) is 8.68. The fourth-order valence-electron chi connectivity index (χ4n) is 0.548. The van der Waals surface area contributed by atoms with Crippen molar-refractivity contribution in [3.8, 4) is 12.3 Å². The molecule has 0 aromatic rings. The van der Waals surface area contributed by atoms with Crippen LogP contribution in [0.25, 0.3) is 0 Å². The molecule has 0 radical (unpaired) electrons. The van der Waals surface area contributed by atoms with E-state index in [1.807, 2.05) is 27.7 Å². The minimum Gasteiger partial charge on any atom is -0.449 e. The van der Waals surface area contributed by atoms with E-state index in [-0.39, 0.29) is 18.0 Å². The summed E-state index contributed by atoms with van der Waals surface area (Å²) >= 11 is 0. The van der Waals surface area contributed by atoms with Crippen LogP contribution < -0.4 is 0 Å². The van der Waals surface area contributed by atoms with Gasteiger partial charge in [-0.2, -0.15) is 0 Å². The standard InChI is InChI=1S/C11H16O2/c1-6-7-13-10(12)8-9(2)11(3,4)5/h1,8H,7H2,2-5H3. The molecule has 0 aromatic carbocycles. The number of esters is 1. The maximum atomic E-state index is 11.1. The summed E-state index contributed by atoms with van der Waals surface area (Å²) in [4.78, 5) is 11.1. The monoisotopic (exact) mass is 180 g/mol. The van der Waals surface area contributed by atoms with E-state index in [1.165, 1.54) is 6.08 Å². The highest BCUT2D eigenvalue weighted by Crippen LogP contribution is 2.23. The van der Waals surface area contributed by atoms with Crippen molar-refractivity contribution in [2.24, 2.45) is 5.41 Å². The van der Waals surface area contributed by atoms with Gasteiger partial charge in [-0.15, -0.1) is 6.42 Å². The van der Waals surface area contributed by atoms with Crippen molar-refractivity contribution in [3.63, 3.8) is 0 Å². The Hall–Kier alpha value is -1.23. The molecule has 0 aliphatic rings. The number of carbonyl (C=O) groups is 1. The van der Waals surface area contributed by atoms with E-state index in [1.54, 1.807) is 0 Å². The van der Waals surface area contributed by atoms with Crippen LogP contribution in [0.4, 0.5) is 0 Å². The second-order valence-corrected chi connectivity index (χ2v) is 3.89. The highest BCUT2D eigenvalue weighted by atomic mass is 16.5. The van der Waals surface area contributed by atoms with E-state index in [0.717, 1.165) is 5.57 Å². The van der Waals surface area contributed by atoms with E-state index >= 15 is 0 Å². The molecular formula is C11H16O2. The van der Waals surface area contributed by atoms with Crippen LogP contribution in [0.1, 0.15) is 27.7 Å². The molecule has 2 nitrogen and oxygen atoms in total. The normalized spacial score (nSPS) is 12.1. The predicted octanol–water partition coefficient (Wildman–Crippen LogP) is 2.16. The van der Waals surface area contributed by atoms with E-state index in [2.05, 4.69) is 5.92 Å². The number of allylic oxidation sites excluding steroid dienone is 1. The molecule has 0 aromatic heterocycles. The van der Waals surface area contributed by atoms with Gasteiger partial charge in [0.1, 0.15) is 0 Å². The summed E-state index contributed by atoms with van der Waals surface area (Å²) in [5.74, 6) is 1.87. The first-order valence-corrected chi connectivity index (χ1v) is 4.17.